The van der Waals surface area contributed by atoms with Gasteiger partial charge in [-0.1, -0.05) is 17.7 Å². The largest absolute Gasteiger partial charge is 0.357 e. The maximum atomic E-state index is 12.3. The van der Waals surface area contributed by atoms with Crippen molar-refractivity contribution in [1.82, 2.24) is 9.97 Å². The average molecular weight is 317 g/mol. The Morgan fingerprint density at radius 2 is 2.00 bits per heavy atom. The third kappa shape index (κ3) is 3.20. The Labute approximate surface area is 134 Å². The van der Waals surface area contributed by atoms with Crippen molar-refractivity contribution in [3.05, 3.63) is 46.9 Å². The Bertz CT molecular complexity index is 698. The van der Waals surface area contributed by atoms with Gasteiger partial charge in [0.2, 0.25) is 0 Å². The van der Waals surface area contributed by atoms with Crippen molar-refractivity contribution in [2.75, 3.05) is 23.3 Å². The number of amides is 1. The van der Waals surface area contributed by atoms with E-state index in [4.69, 9.17) is 11.6 Å². The summed E-state index contributed by atoms with van der Waals surface area (Å²) in [5, 5.41) is 3.31. The highest BCUT2D eigenvalue weighted by molar-refractivity contribution is 6.34. The van der Waals surface area contributed by atoms with Crippen LogP contribution < -0.4 is 10.2 Å². The van der Waals surface area contributed by atoms with Crippen LogP contribution in [0.1, 0.15) is 28.9 Å². The number of aromatic nitrogens is 2. The molecule has 1 fully saturated rings. The monoisotopic (exact) mass is 316 g/mol. The van der Waals surface area contributed by atoms with E-state index in [1.54, 1.807) is 12.1 Å². The first-order chi connectivity index (χ1) is 10.6. The zero-order valence-corrected chi connectivity index (χ0v) is 13.1. The van der Waals surface area contributed by atoms with E-state index in [1.165, 1.54) is 6.33 Å². The molecule has 1 aliphatic heterocycles. The molecule has 0 radical (unpaired) electrons. The van der Waals surface area contributed by atoms with Gasteiger partial charge in [-0.15, -0.1) is 0 Å². The number of hydrogen-bond donors (Lipinski definition) is 1. The van der Waals surface area contributed by atoms with Crippen molar-refractivity contribution >= 4 is 29.0 Å². The summed E-state index contributed by atoms with van der Waals surface area (Å²) in [7, 11) is 0. The Hall–Kier alpha value is -2.14. The van der Waals surface area contributed by atoms with Gasteiger partial charge in [0, 0.05) is 19.2 Å². The van der Waals surface area contributed by atoms with Crippen LogP contribution in [0.25, 0.3) is 0 Å². The van der Waals surface area contributed by atoms with Crippen molar-refractivity contribution in [3.63, 3.8) is 0 Å². The smallest absolute Gasteiger partial charge is 0.274 e. The van der Waals surface area contributed by atoms with E-state index in [1.807, 2.05) is 19.1 Å². The molecule has 0 saturated carbocycles. The molecule has 114 valence electrons. The number of rotatable bonds is 3. The molecule has 0 unspecified atom stereocenters. The van der Waals surface area contributed by atoms with E-state index in [2.05, 4.69) is 20.2 Å². The van der Waals surface area contributed by atoms with Gasteiger partial charge in [-0.3, -0.25) is 4.79 Å². The first kappa shape index (κ1) is 14.8. The maximum Gasteiger partial charge on any atom is 0.274 e. The van der Waals surface area contributed by atoms with Gasteiger partial charge in [-0.2, -0.15) is 0 Å². The molecule has 0 spiro atoms. The van der Waals surface area contributed by atoms with Crippen LogP contribution in [0, 0.1) is 6.92 Å². The summed E-state index contributed by atoms with van der Waals surface area (Å²) in [5.41, 5.74) is 1.97. The molecule has 2 heterocycles. The second kappa shape index (κ2) is 6.32. The fourth-order valence-corrected chi connectivity index (χ4v) is 2.78. The summed E-state index contributed by atoms with van der Waals surface area (Å²) in [4.78, 5) is 22.8. The number of aryl methyl sites for hydroxylation is 1. The number of halogens is 1. The molecule has 6 heteroatoms. The van der Waals surface area contributed by atoms with Gasteiger partial charge in [0.05, 0.1) is 10.7 Å². The number of benzene rings is 1. The minimum absolute atomic E-state index is 0.284. The lowest BCUT2D eigenvalue weighted by atomic mass is 10.2. The van der Waals surface area contributed by atoms with Gasteiger partial charge >= 0.3 is 0 Å². The van der Waals surface area contributed by atoms with E-state index in [0.717, 1.165) is 37.3 Å². The average Bonchev–Trinajstić information content (AvgIpc) is 3.04. The summed E-state index contributed by atoms with van der Waals surface area (Å²) in [6.45, 7) is 3.90. The second-order valence-electron chi connectivity index (χ2n) is 5.39. The van der Waals surface area contributed by atoms with Crippen LogP contribution in [0.2, 0.25) is 5.02 Å². The van der Waals surface area contributed by atoms with Gasteiger partial charge in [0.15, 0.2) is 0 Å². The van der Waals surface area contributed by atoms with Crippen molar-refractivity contribution in [2.45, 2.75) is 19.8 Å². The molecular weight excluding hydrogens is 300 g/mol. The van der Waals surface area contributed by atoms with Crippen molar-refractivity contribution < 1.29 is 4.79 Å². The molecule has 1 amide bonds. The molecule has 5 nitrogen and oxygen atoms in total. The highest BCUT2D eigenvalue weighted by atomic mass is 35.5. The number of anilines is 2. The number of hydrogen-bond acceptors (Lipinski definition) is 4. The molecule has 1 N–H and O–H groups in total. The Kier molecular flexibility index (Phi) is 4.24. The van der Waals surface area contributed by atoms with Gasteiger partial charge in [-0.25, -0.2) is 9.97 Å². The van der Waals surface area contributed by atoms with Gasteiger partial charge in [0.25, 0.3) is 5.91 Å². The molecule has 0 atom stereocenters. The predicted molar refractivity (Wildman–Crippen MR) is 87.6 cm³/mol. The quantitative estimate of drug-likeness (QED) is 0.944. The normalized spacial score (nSPS) is 14.2. The third-order valence-corrected chi connectivity index (χ3v) is 4.00. The summed E-state index contributed by atoms with van der Waals surface area (Å²) in [6.07, 6.45) is 3.74. The fraction of sp³-hybridized carbons (Fsp3) is 0.312. The van der Waals surface area contributed by atoms with Crippen LogP contribution in [0.4, 0.5) is 11.5 Å². The molecular formula is C16H17ClN4O. The molecule has 1 aromatic carbocycles. The van der Waals surface area contributed by atoms with E-state index < -0.39 is 0 Å². The lowest BCUT2D eigenvalue weighted by molar-refractivity contribution is 0.102. The standard InChI is InChI=1S/C16H17ClN4O/c1-11-4-5-13(12(17)8-11)20-16(22)14-9-15(19-10-18-14)21-6-2-3-7-21/h4-5,8-10H,2-3,6-7H2,1H3,(H,20,22). The molecule has 1 aromatic heterocycles. The molecule has 3 rings (SSSR count). The first-order valence-electron chi connectivity index (χ1n) is 7.28. The zero-order chi connectivity index (χ0) is 15.5. The second-order valence-corrected chi connectivity index (χ2v) is 5.80. The first-order valence-corrected chi connectivity index (χ1v) is 7.66. The number of carbonyl (C=O) groups is 1. The summed E-state index contributed by atoms with van der Waals surface area (Å²) >= 11 is 6.14. The van der Waals surface area contributed by atoms with Crippen LogP contribution in [-0.4, -0.2) is 29.0 Å². The van der Waals surface area contributed by atoms with Crippen molar-refractivity contribution in [3.8, 4) is 0 Å². The fourth-order valence-electron chi connectivity index (χ4n) is 2.50. The molecule has 2 aromatic rings. The van der Waals surface area contributed by atoms with Crippen molar-refractivity contribution in [1.29, 1.82) is 0 Å². The summed E-state index contributed by atoms with van der Waals surface area (Å²) < 4.78 is 0. The topological polar surface area (TPSA) is 58.1 Å². The molecule has 0 bridgehead atoms. The van der Waals surface area contributed by atoms with Crippen LogP contribution in [0.3, 0.4) is 0 Å². The summed E-state index contributed by atoms with van der Waals surface area (Å²) in [5.74, 6) is 0.515. The van der Waals surface area contributed by atoms with Crippen LogP contribution >= 0.6 is 11.6 Å². The lowest BCUT2D eigenvalue weighted by Crippen LogP contribution is -2.21. The van der Waals surface area contributed by atoms with Crippen molar-refractivity contribution in [2.24, 2.45) is 0 Å². The lowest BCUT2D eigenvalue weighted by Gasteiger charge is -2.16. The number of nitrogens with zero attached hydrogens (tertiary/aromatic N) is 3. The predicted octanol–water partition coefficient (Wildman–Crippen LogP) is 3.29. The van der Waals surface area contributed by atoms with Gasteiger partial charge in [0.1, 0.15) is 17.8 Å². The highest BCUT2D eigenvalue weighted by Gasteiger charge is 2.16. The SMILES string of the molecule is Cc1ccc(NC(=O)c2cc(N3CCCC3)ncn2)c(Cl)c1. The highest BCUT2D eigenvalue weighted by Crippen LogP contribution is 2.23. The molecule has 0 aliphatic carbocycles. The van der Waals surface area contributed by atoms with Crippen LogP contribution in [0.5, 0.6) is 0 Å². The van der Waals surface area contributed by atoms with Crippen LogP contribution in [-0.2, 0) is 0 Å². The minimum atomic E-state index is -0.284. The maximum absolute atomic E-state index is 12.3. The Balaban J connectivity index is 1.78. The van der Waals surface area contributed by atoms with Gasteiger partial charge < -0.3 is 10.2 Å². The van der Waals surface area contributed by atoms with Crippen LogP contribution in [0.15, 0.2) is 30.6 Å². The molecule has 1 aliphatic rings. The number of nitrogens with one attached hydrogen (secondary N) is 1. The van der Waals surface area contributed by atoms with E-state index in [0.29, 0.717) is 16.4 Å². The third-order valence-electron chi connectivity index (χ3n) is 3.69. The molecule has 1 saturated heterocycles. The summed E-state index contributed by atoms with van der Waals surface area (Å²) in [6, 6.07) is 7.23. The zero-order valence-electron chi connectivity index (χ0n) is 12.3. The number of carbonyl (C=O) groups excluding carboxylic acids is 1. The Morgan fingerprint density at radius 3 is 2.73 bits per heavy atom. The van der Waals surface area contributed by atoms with E-state index >= 15 is 0 Å². The van der Waals surface area contributed by atoms with E-state index in [9.17, 15) is 4.79 Å². The molecule has 22 heavy (non-hydrogen) atoms. The van der Waals surface area contributed by atoms with E-state index in [-0.39, 0.29) is 5.91 Å². The Morgan fingerprint density at radius 1 is 1.23 bits per heavy atom. The minimum Gasteiger partial charge on any atom is -0.357 e. The van der Waals surface area contributed by atoms with Gasteiger partial charge in [-0.05, 0) is 37.5 Å².